The van der Waals surface area contributed by atoms with Crippen LogP contribution in [0.2, 0.25) is 0 Å². The number of carbonyl (C=O) groups excluding carboxylic acids is 1. The van der Waals surface area contributed by atoms with Crippen LogP contribution in [0.5, 0.6) is 0 Å². The molecule has 0 bridgehead atoms. The van der Waals surface area contributed by atoms with Crippen molar-refractivity contribution in [3.63, 3.8) is 0 Å². The lowest BCUT2D eigenvalue weighted by atomic mass is 10.1. The molecule has 1 amide bonds. The molecule has 2 heterocycles. The minimum Gasteiger partial charge on any atom is -0.337 e. The number of carbonyl (C=O) groups is 1. The number of nitrogens with two attached hydrogens (primary N) is 1. The molecule has 2 N–H and O–H groups in total. The molecule has 5 nitrogen and oxygen atoms in total. The molecule has 1 aliphatic heterocycles. The van der Waals surface area contributed by atoms with E-state index in [-0.39, 0.29) is 11.9 Å². The summed E-state index contributed by atoms with van der Waals surface area (Å²) in [6, 6.07) is 0.0981. The van der Waals surface area contributed by atoms with Gasteiger partial charge in [0.05, 0.1) is 11.8 Å². The quantitative estimate of drug-likeness (QED) is 0.735. The highest BCUT2D eigenvalue weighted by Crippen LogP contribution is 2.18. The van der Waals surface area contributed by atoms with Crippen LogP contribution in [-0.2, 0) is 7.05 Å². The van der Waals surface area contributed by atoms with E-state index in [2.05, 4.69) is 12.0 Å². The third-order valence-corrected chi connectivity index (χ3v) is 3.42. The van der Waals surface area contributed by atoms with Crippen LogP contribution in [0, 0.1) is 12.8 Å². The SMILES string of the molecule is Cc1c(C(=O)N2CC(C)C(N)C2)cnn1C. The molecule has 0 radical (unpaired) electrons. The van der Waals surface area contributed by atoms with Gasteiger partial charge >= 0.3 is 0 Å². The third-order valence-electron chi connectivity index (χ3n) is 3.42. The summed E-state index contributed by atoms with van der Waals surface area (Å²) in [6.07, 6.45) is 1.63. The van der Waals surface area contributed by atoms with Gasteiger partial charge in [-0.2, -0.15) is 5.10 Å². The molecule has 0 aromatic carbocycles. The highest BCUT2D eigenvalue weighted by Gasteiger charge is 2.31. The number of aromatic nitrogens is 2. The standard InChI is InChI=1S/C11H18N4O/c1-7-5-15(6-10(7)12)11(16)9-4-13-14(3)8(9)2/h4,7,10H,5-6,12H2,1-3H3. The van der Waals surface area contributed by atoms with Crippen LogP contribution in [0.4, 0.5) is 0 Å². The van der Waals surface area contributed by atoms with E-state index in [1.54, 1.807) is 10.9 Å². The maximum Gasteiger partial charge on any atom is 0.257 e. The predicted molar refractivity (Wildman–Crippen MR) is 61.0 cm³/mol. The van der Waals surface area contributed by atoms with Gasteiger partial charge in [-0.15, -0.1) is 0 Å². The van der Waals surface area contributed by atoms with Crippen molar-refractivity contribution in [2.75, 3.05) is 13.1 Å². The van der Waals surface area contributed by atoms with Gasteiger partial charge in [-0.1, -0.05) is 6.92 Å². The summed E-state index contributed by atoms with van der Waals surface area (Å²) in [6.45, 7) is 5.37. The second-order valence-electron chi connectivity index (χ2n) is 4.62. The van der Waals surface area contributed by atoms with Gasteiger partial charge in [0.2, 0.25) is 0 Å². The van der Waals surface area contributed by atoms with Crippen LogP contribution in [-0.4, -0.2) is 39.7 Å². The van der Waals surface area contributed by atoms with E-state index in [0.717, 1.165) is 12.2 Å². The second kappa shape index (κ2) is 3.90. The van der Waals surface area contributed by atoms with Crippen molar-refractivity contribution in [1.82, 2.24) is 14.7 Å². The molecular formula is C11H18N4O. The van der Waals surface area contributed by atoms with Crippen LogP contribution in [0.3, 0.4) is 0 Å². The monoisotopic (exact) mass is 222 g/mol. The average molecular weight is 222 g/mol. The van der Waals surface area contributed by atoms with E-state index in [4.69, 9.17) is 5.73 Å². The minimum atomic E-state index is 0.0467. The van der Waals surface area contributed by atoms with Crippen LogP contribution in [0.15, 0.2) is 6.20 Å². The molecule has 1 aromatic rings. The number of hydrogen-bond donors (Lipinski definition) is 1. The summed E-state index contributed by atoms with van der Waals surface area (Å²) in [5.74, 6) is 0.423. The molecular weight excluding hydrogens is 204 g/mol. The normalized spacial score (nSPS) is 25.1. The Balaban J connectivity index is 2.18. The Morgan fingerprint density at radius 3 is 2.69 bits per heavy atom. The van der Waals surface area contributed by atoms with E-state index in [1.807, 2.05) is 18.9 Å². The Labute approximate surface area is 95.2 Å². The van der Waals surface area contributed by atoms with Crippen molar-refractivity contribution < 1.29 is 4.79 Å². The van der Waals surface area contributed by atoms with Gasteiger partial charge in [-0.05, 0) is 12.8 Å². The molecule has 88 valence electrons. The topological polar surface area (TPSA) is 64.2 Å². The zero-order valence-corrected chi connectivity index (χ0v) is 9.97. The van der Waals surface area contributed by atoms with Crippen molar-refractivity contribution in [2.45, 2.75) is 19.9 Å². The van der Waals surface area contributed by atoms with Gasteiger partial charge in [0.15, 0.2) is 0 Å². The van der Waals surface area contributed by atoms with Crippen molar-refractivity contribution >= 4 is 5.91 Å². The Morgan fingerprint density at radius 2 is 2.25 bits per heavy atom. The number of nitrogens with zero attached hydrogens (tertiary/aromatic N) is 3. The molecule has 1 aromatic heterocycles. The summed E-state index contributed by atoms with van der Waals surface area (Å²) in [7, 11) is 1.84. The maximum atomic E-state index is 12.2. The fourth-order valence-electron chi connectivity index (χ4n) is 2.04. The van der Waals surface area contributed by atoms with Crippen LogP contribution >= 0.6 is 0 Å². The van der Waals surface area contributed by atoms with Gasteiger partial charge in [-0.25, -0.2) is 0 Å². The molecule has 5 heteroatoms. The molecule has 0 spiro atoms. The lowest BCUT2D eigenvalue weighted by Gasteiger charge is -2.15. The maximum absolute atomic E-state index is 12.2. The summed E-state index contributed by atoms with van der Waals surface area (Å²) >= 11 is 0. The molecule has 2 unspecified atom stereocenters. The Hall–Kier alpha value is -1.36. The number of rotatable bonds is 1. The van der Waals surface area contributed by atoms with E-state index >= 15 is 0 Å². The minimum absolute atomic E-state index is 0.0467. The van der Waals surface area contributed by atoms with Gasteiger partial charge in [0, 0.05) is 31.9 Å². The third kappa shape index (κ3) is 1.71. The van der Waals surface area contributed by atoms with E-state index in [0.29, 0.717) is 18.0 Å². The molecule has 1 saturated heterocycles. The van der Waals surface area contributed by atoms with Crippen molar-refractivity contribution in [1.29, 1.82) is 0 Å². The van der Waals surface area contributed by atoms with Gasteiger partial charge in [0.1, 0.15) is 0 Å². The summed E-state index contributed by atoms with van der Waals surface area (Å²) in [4.78, 5) is 14.0. The highest BCUT2D eigenvalue weighted by molar-refractivity contribution is 5.95. The van der Waals surface area contributed by atoms with Gasteiger partial charge < -0.3 is 10.6 Å². The van der Waals surface area contributed by atoms with Crippen molar-refractivity contribution in [2.24, 2.45) is 18.7 Å². The largest absolute Gasteiger partial charge is 0.337 e. The van der Waals surface area contributed by atoms with Gasteiger partial charge in [-0.3, -0.25) is 9.48 Å². The lowest BCUT2D eigenvalue weighted by Crippen LogP contribution is -2.32. The zero-order chi connectivity index (χ0) is 11.9. The van der Waals surface area contributed by atoms with E-state index in [9.17, 15) is 4.79 Å². The van der Waals surface area contributed by atoms with E-state index < -0.39 is 0 Å². The number of amides is 1. The Kier molecular flexibility index (Phi) is 2.71. The molecule has 1 fully saturated rings. The first-order valence-electron chi connectivity index (χ1n) is 5.54. The fourth-order valence-corrected chi connectivity index (χ4v) is 2.04. The molecule has 16 heavy (non-hydrogen) atoms. The summed E-state index contributed by atoms with van der Waals surface area (Å²) < 4.78 is 1.71. The zero-order valence-electron chi connectivity index (χ0n) is 9.97. The van der Waals surface area contributed by atoms with Crippen molar-refractivity contribution in [3.8, 4) is 0 Å². The molecule has 0 aliphatic carbocycles. The van der Waals surface area contributed by atoms with Crippen molar-refractivity contribution in [3.05, 3.63) is 17.5 Å². The summed E-state index contributed by atoms with van der Waals surface area (Å²) in [5, 5.41) is 4.08. The number of hydrogen-bond acceptors (Lipinski definition) is 3. The van der Waals surface area contributed by atoms with Crippen LogP contribution < -0.4 is 5.73 Å². The smallest absolute Gasteiger partial charge is 0.257 e. The second-order valence-corrected chi connectivity index (χ2v) is 4.62. The summed E-state index contributed by atoms with van der Waals surface area (Å²) in [5.41, 5.74) is 7.50. The Bertz CT molecular complexity index is 402. The van der Waals surface area contributed by atoms with Crippen LogP contribution in [0.25, 0.3) is 0 Å². The molecule has 0 saturated carbocycles. The molecule has 1 aliphatic rings. The van der Waals surface area contributed by atoms with E-state index in [1.165, 1.54) is 0 Å². The molecule has 2 rings (SSSR count). The fraction of sp³-hybridized carbons (Fsp3) is 0.636. The number of aryl methyl sites for hydroxylation is 1. The number of likely N-dealkylation sites (tertiary alicyclic amines) is 1. The Morgan fingerprint density at radius 1 is 1.56 bits per heavy atom. The molecule has 2 atom stereocenters. The predicted octanol–water partition coefficient (Wildman–Crippen LogP) is 0.148. The first-order chi connectivity index (χ1) is 7.50. The first-order valence-corrected chi connectivity index (χ1v) is 5.54. The lowest BCUT2D eigenvalue weighted by molar-refractivity contribution is 0.0786. The van der Waals surface area contributed by atoms with Gasteiger partial charge in [0.25, 0.3) is 5.91 Å². The average Bonchev–Trinajstić information content (AvgIpc) is 2.73. The first kappa shape index (κ1) is 11.1. The van der Waals surface area contributed by atoms with Crippen LogP contribution in [0.1, 0.15) is 23.0 Å². The highest BCUT2D eigenvalue weighted by atomic mass is 16.2.